The predicted octanol–water partition coefficient (Wildman–Crippen LogP) is 4.22. The zero-order chi connectivity index (χ0) is 20.8. The van der Waals surface area contributed by atoms with Crippen LogP contribution >= 0.6 is 11.6 Å². The Morgan fingerprint density at radius 3 is 2.54 bits per heavy atom. The first kappa shape index (κ1) is 21.6. The van der Waals surface area contributed by atoms with Gasteiger partial charge in [-0.1, -0.05) is 25.4 Å². The van der Waals surface area contributed by atoms with E-state index in [-0.39, 0.29) is 0 Å². The number of hydrogen-bond acceptors (Lipinski definition) is 4. The van der Waals surface area contributed by atoms with E-state index >= 15 is 0 Å². The Bertz CT molecular complexity index is 876. The predicted molar refractivity (Wildman–Crippen MR) is 106 cm³/mol. The number of nitrogens with zero attached hydrogens (tertiary/aromatic N) is 2. The minimum absolute atomic E-state index is 0.374. The van der Waals surface area contributed by atoms with Crippen molar-refractivity contribution in [3.8, 4) is 0 Å². The van der Waals surface area contributed by atoms with Gasteiger partial charge in [-0.05, 0) is 50.1 Å². The van der Waals surface area contributed by atoms with E-state index in [0.717, 1.165) is 0 Å². The summed E-state index contributed by atoms with van der Waals surface area (Å²) in [5.74, 6) is -1.24. The molecular weight excluding hydrogens is 385 g/mol. The van der Waals surface area contributed by atoms with Gasteiger partial charge < -0.3 is 10.1 Å². The average Bonchev–Trinajstić information content (AvgIpc) is 2.87. The van der Waals surface area contributed by atoms with Crippen molar-refractivity contribution in [3.05, 3.63) is 52.6 Å². The van der Waals surface area contributed by atoms with Crippen molar-refractivity contribution in [2.24, 2.45) is 5.92 Å². The molecule has 0 aliphatic heterocycles. The molecule has 0 saturated carbocycles. The second-order valence-corrected chi connectivity index (χ2v) is 7.13. The summed E-state index contributed by atoms with van der Waals surface area (Å²) in [5.41, 5.74) is 1.73. The molecule has 1 amide bonds. The van der Waals surface area contributed by atoms with Crippen LogP contribution in [0.3, 0.4) is 0 Å². The van der Waals surface area contributed by atoms with Crippen LogP contribution in [0.2, 0.25) is 5.15 Å². The van der Waals surface area contributed by atoms with E-state index in [4.69, 9.17) is 16.3 Å². The summed E-state index contributed by atoms with van der Waals surface area (Å²) in [7, 11) is 0. The van der Waals surface area contributed by atoms with Crippen molar-refractivity contribution in [3.63, 3.8) is 0 Å². The molecular formula is C20H23ClFN3O3. The molecule has 8 heteroatoms. The van der Waals surface area contributed by atoms with Gasteiger partial charge in [-0.2, -0.15) is 5.10 Å². The van der Waals surface area contributed by atoms with E-state index < -0.39 is 23.8 Å². The summed E-state index contributed by atoms with van der Waals surface area (Å²) in [6.07, 6.45) is 1.70. The largest absolute Gasteiger partial charge is 0.449 e. The molecule has 0 aliphatic carbocycles. The third-order valence-electron chi connectivity index (χ3n) is 3.81. The highest BCUT2D eigenvalue weighted by Crippen LogP contribution is 2.22. The number of esters is 1. The van der Waals surface area contributed by atoms with Crippen LogP contribution in [0.1, 0.15) is 32.0 Å². The average molecular weight is 408 g/mol. The molecule has 0 bridgehead atoms. The lowest BCUT2D eigenvalue weighted by molar-refractivity contribution is -0.148. The third kappa shape index (κ3) is 5.92. The quantitative estimate of drug-likeness (QED) is 0.550. The fraction of sp³-hybridized carbons (Fsp3) is 0.350. The zero-order valence-corrected chi connectivity index (χ0v) is 17.0. The number of carbonyl (C=O) groups is 2. The lowest BCUT2D eigenvalue weighted by Gasteiger charge is -2.12. The van der Waals surface area contributed by atoms with Crippen LogP contribution in [-0.2, 0) is 20.9 Å². The molecule has 0 fully saturated rings. The van der Waals surface area contributed by atoms with Gasteiger partial charge in [0.15, 0.2) is 6.10 Å². The molecule has 0 radical (unpaired) electrons. The summed E-state index contributed by atoms with van der Waals surface area (Å²) in [6.45, 7) is 8.02. The molecule has 2 aromatic rings. The smallest absolute Gasteiger partial charge is 0.331 e. The number of amides is 1. The van der Waals surface area contributed by atoms with Crippen LogP contribution in [0.4, 0.5) is 10.1 Å². The number of benzene rings is 1. The number of halogens is 2. The summed E-state index contributed by atoms with van der Waals surface area (Å²) in [5, 5.41) is 7.35. The van der Waals surface area contributed by atoms with Gasteiger partial charge in [0.1, 0.15) is 11.0 Å². The van der Waals surface area contributed by atoms with Crippen LogP contribution in [0.5, 0.6) is 0 Å². The zero-order valence-electron chi connectivity index (χ0n) is 16.2. The summed E-state index contributed by atoms with van der Waals surface area (Å²) >= 11 is 6.32. The SMILES string of the molecule is Cc1nn(CC(C)C)c(Cl)c1/C=C/C(=O)O[C@H](C)C(=O)Nc1ccc(F)cc1. The summed E-state index contributed by atoms with van der Waals surface area (Å²) in [6, 6.07) is 5.28. The second kappa shape index (κ2) is 9.50. The number of ether oxygens (including phenoxy) is 1. The Kier molecular flexibility index (Phi) is 7.34. The van der Waals surface area contributed by atoms with Gasteiger partial charge in [0.05, 0.1) is 5.69 Å². The van der Waals surface area contributed by atoms with Crippen LogP contribution < -0.4 is 5.32 Å². The van der Waals surface area contributed by atoms with E-state index in [1.54, 1.807) is 11.6 Å². The fourth-order valence-electron chi connectivity index (χ4n) is 2.42. The molecule has 0 unspecified atom stereocenters. The molecule has 1 N–H and O–H groups in total. The van der Waals surface area contributed by atoms with E-state index in [1.807, 2.05) is 0 Å². The van der Waals surface area contributed by atoms with Crippen molar-refractivity contribution in [2.75, 3.05) is 5.32 Å². The minimum Gasteiger partial charge on any atom is -0.449 e. The van der Waals surface area contributed by atoms with E-state index in [1.165, 1.54) is 43.3 Å². The number of rotatable bonds is 7. The first-order valence-corrected chi connectivity index (χ1v) is 9.23. The van der Waals surface area contributed by atoms with Crippen molar-refractivity contribution in [2.45, 2.75) is 40.3 Å². The molecule has 28 heavy (non-hydrogen) atoms. The Hall–Kier alpha value is -2.67. The number of aryl methyl sites for hydroxylation is 1. The number of carbonyl (C=O) groups excluding carboxylic acids is 2. The van der Waals surface area contributed by atoms with Crippen LogP contribution in [0, 0.1) is 18.7 Å². The first-order valence-electron chi connectivity index (χ1n) is 8.85. The first-order chi connectivity index (χ1) is 13.2. The Balaban J connectivity index is 1.96. The van der Waals surface area contributed by atoms with Gasteiger partial charge in [-0.3, -0.25) is 9.48 Å². The van der Waals surface area contributed by atoms with Gasteiger partial charge in [0, 0.05) is 23.9 Å². The van der Waals surface area contributed by atoms with E-state index in [9.17, 15) is 14.0 Å². The molecule has 1 aromatic carbocycles. The van der Waals surface area contributed by atoms with Crippen LogP contribution in [0.15, 0.2) is 30.3 Å². The monoisotopic (exact) mass is 407 g/mol. The Labute approximate surface area is 168 Å². The van der Waals surface area contributed by atoms with Gasteiger partial charge in [-0.25, -0.2) is 9.18 Å². The molecule has 1 aromatic heterocycles. The maximum Gasteiger partial charge on any atom is 0.331 e. The highest BCUT2D eigenvalue weighted by Gasteiger charge is 2.17. The van der Waals surface area contributed by atoms with Gasteiger partial charge >= 0.3 is 5.97 Å². The van der Waals surface area contributed by atoms with Crippen molar-refractivity contribution in [1.29, 1.82) is 0 Å². The number of aromatic nitrogens is 2. The van der Waals surface area contributed by atoms with Crippen LogP contribution in [-0.4, -0.2) is 27.8 Å². The Morgan fingerprint density at radius 1 is 1.29 bits per heavy atom. The summed E-state index contributed by atoms with van der Waals surface area (Å²) in [4.78, 5) is 24.1. The van der Waals surface area contributed by atoms with Crippen LogP contribution in [0.25, 0.3) is 6.08 Å². The number of nitrogens with one attached hydrogen (secondary N) is 1. The van der Waals surface area contributed by atoms with Gasteiger partial charge in [-0.15, -0.1) is 0 Å². The molecule has 0 aliphatic rings. The minimum atomic E-state index is -1.03. The number of hydrogen-bond donors (Lipinski definition) is 1. The molecule has 2 rings (SSSR count). The van der Waals surface area contributed by atoms with Crippen molar-refractivity contribution >= 4 is 35.2 Å². The third-order valence-corrected chi connectivity index (χ3v) is 4.21. The topological polar surface area (TPSA) is 73.2 Å². The fourth-order valence-corrected chi connectivity index (χ4v) is 2.73. The molecule has 0 saturated heterocycles. The molecule has 0 spiro atoms. The second-order valence-electron chi connectivity index (χ2n) is 6.77. The van der Waals surface area contributed by atoms with Gasteiger partial charge in [0.2, 0.25) is 0 Å². The lowest BCUT2D eigenvalue weighted by atomic mass is 10.2. The molecule has 1 atom stereocenters. The molecule has 150 valence electrons. The molecule has 6 nitrogen and oxygen atoms in total. The highest BCUT2D eigenvalue weighted by molar-refractivity contribution is 6.31. The lowest BCUT2D eigenvalue weighted by Crippen LogP contribution is -2.29. The molecule has 1 heterocycles. The Morgan fingerprint density at radius 2 is 1.93 bits per heavy atom. The van der Waals surface area contributed by atoms with Crippen molar-refractivity contribution in [1.82, 2.24) is 9.78 Å². The van der Waals surface area contributed by atoms with Gasteiger partial charge in [0.25, 0.3) is 5.91 Å². The maximum absolute atomic E-state index is 12.9. The number of anilines is 1. The van der Waals surface area contributed by atoms with Crippen molar-refractivity contribution < 1.29 is 18.7 Å². The van der Waals surface area contributed by atoms with E-state index in [2.05, 4.69) is 24.3 Å². The van der Waals surface area contributed by atoms with E-state index in [0.29, 0.717) is 34.6 Å². The standard InChI is InChI=1S/C20H23ClFN3O3/c1-12(2)11-25-19(21)17(13(3)24-25)9-10-18(26)28-14(4)20(27)23-16-7-5-15(22)6-8-16/h5-10,12,14H,11H2,1-4H3,(H,23,27)/b10-9+/t14-/m1/s1. The normalized spacial score (nSPS) is 12.4. The summed E-state index contributed by atoms with van der Waals surface area (Å²) < 4.78 is 19.7. The maximum atomic E-state index is 12.9. The highest BCUT2D eigenvalue weighted by atomic mass is 35.5.